The molecule has 1 saturated heterocycles. The first-order chi connectivity index (χ1) is 28.2. The first-order valence-electron chi connectivity index (χ1n) is 20.2. The van der Waals surface area contributed by atoms with Gasteiger partial charge in [-0.1, -0.05) is 89.9 Å². The summed E-state index contributed by atoms with van der Waals surface area (Å²) in [5, 5.41) is 45.1. The van der Waals surface area contributed by atoms with Crippen molar-refractivity contribution in [2.24, 2.45) is 0 Å². The number of aliphatic hydroxyl groups is 2. The fourth-order valence-electron chi connectivity index (χ4n) is 7.09. The summed E-state index contributed by atoms with van der Waals surface area (Å²) in [6, 6.07) is 10.5. The molecule has 0 aliphatic carbocycles. The van der Waals surface area contributed by atoms with E-state index in [2.05, 4.69) is 10.1 Å². The average molecular weight is 855 g/mol. The number of alkyl halides is 3. The molecule has 0 radical (unpaired) electrons. The van der Waals surface area contributed by atoms with Gasteiger partial charge in [-0.2, -0.15) is 28.8 Å². The van der Waals surface area contributed by atoms with E-state index in [0.29, 0.717) is 30.3 Å². The van der Waals surface area contributed by atoms with Crippen molar-refractivity contribution in [3.8, 4) is 12.1 Å². The lowest BCUT2D eigenvalue weighted by Crippen LogP contribution is -2.45. The van der Waals surface area contributed by atoms with E-state index in [1.165, 1.54) is 29.0 Å². The molecule has 0 spiro atoms. The van der Waals surface area contributed by atoms with Crippen LogP contribution in [0.5, 0.6) is 0 Å². The Balaban J connectivity index is 1.20. The number of nitriles is 2. The van der Waals surface area contributed by atoms with Gasteiger partial charge in [0.25, 0.3) is 0 Å². The van der Waals surface area contributed by atoms with Crippen LogP contribution in [0, 0.1) is 28.5 Å². The standard InChI is InChI=1S/C40H55F4N6O8P/c41-31-21-29(23-45)20-30(22-31)24-55-32(16-14-12-10-8-6-4-2-1-3-5-7-9-11-13-15-19-40(42,43)44)25-56-59(53,54)57-27-39(26-46)37(52)35(51)36(58-39)33-17-18-34-38(47)48-28-49-50(33)34/h17-18,20-22,28,32,35-37,51-52H,1-16,19,24-25,27H2,(H,53,54)(H2,47,48,49)/t32-,35+,36+,37+,39-/m1/s1. The van der Waals surface area contributed by atoms with Gasteiger partial charge in [-0.3, -0.25) is 9.05 Å². The third-order valence-electron chi connectivity index (χ3n) is 10.4. The maximum absolute atomic E-state index is 14.1. The minimum absolute atomic E-state index is 0.110. The van der Waals surface area contributed by atoms with E-state index in [0.717, 1.165) is 83.1 Å². The van der Waals surface area contributed by atoms with Gasteiger partial charge in [0.15, 0.2) is 5.82 Å². The largest absolute Gasteiger partial charge is 0.472 e. The topological polar surface area (TPSA) is 218 Å². The summed E-state index contributed by atoms with van der Waals surface area (Å²) in [6.45, 7) is -1.48. The zero-order valence-electron chi connectivity index (χ0n) is 33.1. The van der Waals surface area contributed by atoms with Crippen molar-refractivity contribution in [1.82, 2.24) is 14.6 Å². The first kappa shape index (κ1) is 48.0. The van der Waals surface area contributed by atoms with Crippen LogP contribution >= 0.6 is 7.82 Å². The molecular formula is C40H55F4N6O8P. The zero-order chi connectivity index (χ0) is 42.9. The van der Waals surface area contributed by atoms with Crippen molar-refractivity contribution < 1.29 is 55.8 Å². The molecule has 1 aliphatic rings. The number of aliphatic hydroxyl groups excluding tert-OH is 2. The molecule has 1 unspecified atom stereocenters. The molecule has 14 nitrogen and oxygen atoms in total. The van der Waals surface area contributed by atoms with E-state index in [1.54, 1.807) is 12.1 Å². The quantitative estimate of drug-likeness (QED) is 0.0323. The van der Waals surface area contributed by atoms with E-state index >= 15 is 0 Å². The summed E-state index contributed by atoms with van der Waals surface area (Å²) in [4.78, 5) is 14.5. The molecule has 326 valence electrons. The van der Waals surface area contributed by atoms with E-state index in [-0.39, 0.29) is 30.1 Å². The lowest BCUT2D eigenvalue weighted by atomic mass is 9.96. The van der Waals surface area contributed by atoms with Gasteiger partial charge in [0, 0.05) is 6.42 Å². The molecule has 0 amide bonds. The Morgan fingerprint density at radius 1 is 0.932 bits per heavy atom. The molecule has 0 saturated carbocycles. The van der Waals surface area contributed by atoms with Crippen LogP contribution in [0.1, 0.15) is 132 Å². The highest BCUT2D eigenvalue weighted by atomic mass is 31.2. The third kappa shape index (κ3) is 15.4. The summed E-state index contributed by atoms with van der Waals surface area (Å²) >= 11 is 0. The number of halogens is 4. The Hall–Kier alpha value is -3.71. The van der Waals surface area contributed by atoms with Crippen LogP contribution in [0.15, 0.2) is 36.7 Å². The normalized spacial score (nSPS) is 21.0. The van der Waals surface area contributed by atoms with Crippen molar-refractivity contribution >= 4 is 19.2 Å². The van der Waals surface area contributed by atoms with Gasteiger partial charge in [0.2, 0.25) is 5.60 Å². The molecule has 19 heteroatoms. The molecular weight excluding hydrogens is 799 g/mol. The lowest BCUT2D eigenvalue weighted by molar-refractivity contribution is -0.135. The third-order valence-corrected chi connectivity index (χ3v) is 11.3. The minimum atomic E-state index is -4.91. The van der Waals surface area contributed by atoms with Gasteiger partial charge in [-0.25, -0.2) is 18.5 Å². The predicted octanol–water partition coefficient (Wildman–Crippen LogP) is 8.29. The number of benzene rings is 1. The molecule has 1 aromatic carbocycles. The van der Waals surface area contributed by atoms with Gasteiger partial charge in [-0.15, -0.1) is 0 Å². The van der Waals surface area contributed by atoms with Gasteiger partial charge in [-0.05, 0) is 48.7 Å². The SMILES string of the molecule is N#Cc1cc(F)cc(CO[C@H](CCCCCCCCCCCCCCCCCC(F)(F)F)COP(=O)(O)OC[C@@]2(C#N)O[C@@H](c3ccc4c(N)ncnn34)[C@H](O)[C@@H]2O)c1. The number of anilines is 1. The fourth-order valence-corrected chi connectivity index (χ4v) is 7.87. The summed E-state index contributed by atoms with van der Waals surface area (Å²) in [5.41, 5.74) is 4.74. The fraction of sp³-hybridized carbons (Fsp3) is 0.650. The molecule has 0 bridgehead atoms. The van der Waals surface area contributed by atoms with Gasteiger partial charge in [0.05, 0.1) is 36.6 Å². The van der Waals surface area contributed by atoms with Crippen molar-refractivity contribution in [3.63, 3.8) is 0 Å². The van der Waals surface area contributed by atoms with E-state index in [1.807, 2.05) is 6.07 Å². The number of nitrogens with zero attached hydrogens (tertiary/aromatic N) is 5. The van der Waals surface area contributed by atoms with E-state index in [9.17, 15) is 47.8 Å². The van der Waals surface area contributed by atoms with Crippen molar-refractivity contribution in [2.75, 3.05) is 18.9 Å². The number of phosphoric acid groups is 1. The van der Waals surface area contributed by atoms with Gasteiger partial charge < -0.3 is 30.3 Å². The number of fused-ring (bicyclic) bond motifs is 1. The highest BCUT2D eigenvalue weighted by Crippen LogP contribution is 2.48. The van der Waals surface area contributed by atoms with Crippen LogP contribution < -0.4 is 5.73 Å². The predicted molar refractivity (Wildman–Crippen MR) is 208 cm³/mol. The number of ether oxygens (including phenoxy) is 2. The number of phosphoric ester groups is 1. The Bertz CT molecular complexity index is 1890. The van der Waals surface area contributed by atoms with E-state index < -0.39 is 69.5 Å². The van der Waals surface area contributed by atoms with Crippen LogP contribution in [0.25, 0.3) is 5.52 Å². The number of nitrogen functional groups attached to an aromatic ring is 1. The second-order valence-electron chi connectivity index (χ2n) is 15.1. The van der Waals surface area contributed by atoms with Crippen LogP contribution in [0.3, 0.4) is 0 Å². The van der Waals surface area contributed by atoms with Crippen LogP contribution in [0.4, 0.5) is 23.4 Å². The number of hydrogen-bond donors (Lipinski definition) is 4. The summed E-state index contributed by atoms with van der Waals surface area (Å²) < 4.78 is 87.3. The number of rotatable bonds is 27. The van der Waals surface area contributed by atoms with Crippen molar-refractivity contribution in [2.45, 2.75) is 152 Å². The smallest absolute Gasteiger partial charge is 0.387 e. The highest BCUT2D eigenvalue weighted by Gasteiger charge is 2.57. The Kier molecular flexibility index (Phi) is 19.0. The minimum Gasteiger partial charge on any atom is -0.387 e. The molecule has 3 heterocycles. The Morgan fingerprint density at radius 3 is 2.14 bits per heavy atom. The summed E-state index contributed by atoms with van der Waals surface area (Å²) in [5.74, 6) is -0.471. The zero-order valence-corrected chi connectivity index (χ0v) is 34.0. The monoisotopic (exact) mass is 854 g/mol. The molecule has 1 aliphatic heterocycles. The Morgan fingerprint density at radius 2 is 1.54 bits per heavy atom. The van der Waals surface area contributed by atoms with Gasteiger partial charge in [0.1, 0.15) is 48.6 Å². The maximum Gasteiger partial charge on any atom is 0.472 e. The lowest BCUT2D eigenvalue weighted by Gasteiger charge is -2.26. The Labute approximate surface area is 341 Å². The summed E-state index contributed by atoms with van der Waals surface area (Å²) in [7, 11) is -4.91. The van der Waals surface area contributed by atoms with E-state index in [4.69, 9.17) is 24.3 Å². The first-order valence-corrected chi connectivity index (χ1v) is 21.7. The average Bonchev–Trinajstić information content (AvgIpc) is 3.74. The molecule has 3 aromatic rings. The highest BCUT2D eigenvalue weighted by molar-refractivity contribution is 7.47. The van der Waals surface area contributed by atoms with Crippen molar-refractivity contribution in [3.05, 3.63) is 59.3 Å². The number of aromatic nitrogens is 3. The molecule has 59 heavy (non-hydrogen) atoms. The molecule has 1 fully saturated rings. The number of nitrogens with two attached hydrogens (primary N) is 1. The van der Waals surface area contributed by atoms with Gasteiger partial charge >= 0.3 is 14.0 Å². The molecule has 6 atom stereocenters. The number of hydrogen-bond acceptors (Lipinski definition) is 12. The number of unbranched alkanes of at least 4 members (excludes halogenated alkanes) is 14. The molecule has 4 rings (SSSR count). The van der Waals surface area contributed by atoms with Crippen LogP contribution in [0.2, 0.25) is 0 Å². The second kappa shape index (κ2) is 23.3. The van der Waals surface area contributed by atoms with Crippen LogP contribution in [-0.2, 0) is 29.7 Å². The molecule has 2 aromatic heterocycles. The van der Waals surface area contributed by atoms with Crippen molar-refractivity contribution in [1.29, 1.82) is 10.5 Å². The molecule has 5 N–H and O–H groups in total. The summed E-state index contributed by atoms with van der Waals surface area (Å²) in [6.07, 6.45) is 5.25. The second-order valence-corrected chi connectivity index (χ2v) is 16.5. The maximum atomic E-state index is 14.1. The van der Waals surface area contributed by atoms with Crippen LogP contribution in [-0.4, -0.2) is 73.0 Å².